The molecule has 2 N–H and O–H groups in total. The van der Waals surface area contributed by atoms with Gasteiger partial charge < -0.3 is 5.73 Å². The molecule has 2 aromatic carbocycles. The molecule has 1 nitrogen and oxygen atoms in total. The lowest BCUT2D eigenvalue weighted by Crippen LogP contribution is -1.90. The standard InChI is InChI=1S/C13H10ClF2NS/c14-11-6-10(17)3-4-13(11)18-7-8-1-2-9(15)5-12(8)16/h1-6H,7,17H2. The van der Waals surface area contributed by atoms with E-state index < -0.39 is 11.6 Å². The zero-order valence-corrected chi connectivity index (χ0v) is 10.9. The number of hydrogen-bond acceptors (Lipinski definition) is 2. The normalized spacial score (nSPS) is 10.6. The van der Waals surface area contributed by atoms with Crippen LogP contribution in [-0.2, 0) is 5.75 Å². The van der Waals surface area contributed by atoms with Gasteiger partial charge in [-0.3, -0.25) is 0 Å². The Labute approximate surface area is 113 Å². The summed E-state index contributed by atoms with van der Waals surface area (Å²) in [6.45, 7) is 0. The zero-order valence-electron chi connectivity index (χ0n) is 9.29. The second-order valence-electron chi connectivity index (χ2n) is 3.71. The number of thioether (sulfide) groups is 1. The summed E-state index contributed by atoms with van der Waals surface area (Å²) in [4.78, 5) is 0.814. The highest BCUT2D eigenvalue weighted by molar-refractivity contribution is 7.98. The van der Waals surface area contributed by atoms with Crippen LogP contribution in [0.4, 0.5) is 14.5 Å². The highest BCUT2D eigenvalue weighted by atomic mass is 35.5. The zero-order chi connectivity index (χ0) is 13.1. The summed E-state index contributed by atoms with van der Waals surface area (Å²) in [5, 5.41) is 0.530. The third-order valence-corrected chi connectivity index (χ3v) is 3.90. The Morgan fingerprint density at radius 1 is 1.11 bits per heavy atom. The topological polar surface area (TPSA) is 26.0 Å². The fourth-order valence-electron chi connectivity index (χ4n) is 1.43. The molecule has 5 heteroatoms. The number of rotatable bonds is 3. The van der Waals surface area contributed by atoms with Crippen molar-refractivity contribution in [2.45, 2.75) is 10.6 Å². The molecule has 0 saturated carbocycles. The lowest BCUT2D eigenvalue weighted by Gasteiger charge is -2.06. The Bertz CT molecular complexity index is 523. The quantitative estimate of drug-likeness (QED) is 0.664. The molecule has 94 valence electrons. The number of anilines is 1. The predicted octanol–water partition coefficient (Wildman–Crippen LogP) is 4.49. The van der Waals surface area contributed by atoms with Crippen LogP contribution in [0.15, 0.2) is 41.3 Å². The van der Waals surface area contributed by atoms with Gasteiger partial charge in [0.25, 0.3) is 0 Å². The molecule has 0 bridgehead atoms. The van der Waals surface area contributed by atoms with Gasteiger partial charge in [0.05, 0.1) is 5.02 Å². The minimum Gasteiger partial charge on any atom is -0.399 e. The summed E-state index contributed by atoms with van der Waals surface area (Å²) < 4.78 is 26.1. The van der Waals surface area contributed by atoms with Crippen LogP contribution in [0.25, 0.3) is 0 Å². The first-order valence-corrected chi connectivity index (χ1v) is 6.54. The van der Waals surface area contributed by atoms with Gasteiger partial charge >= 0.3 is 0 Å². The van der Waals surface area contributed by atoms with E-state index in [-0.39, 0.29) is 0 Å². The van der Waals surface area contributed by atoms with E-state index in [4.69, 9.17) is 17.3 Å². The largest absolute Gasteiger partial charge is 0.399 e. The Hall–Kier alpha value is -1.26. The Balaban J connectivity index is 2.11. The van der Waals surface area contributed by atoms with E-state index in [0.29, 0.717) is 22.0 Å². The molecule has 0 aliphatic carbocycles. The van der Waals surface area contributed by atoms with Crippen LogP contribution in [-0.4, -0.2) is 0 Å². The van der Waals surface area contributed by atoms with Gasteiger partial charge in [0, 0.05) is 22.4 Å². The molecule has 0 saturated heterocycles. The molecular weight excluding hydrogens is 276 g/mol. The fraction of sp³-hybridized carbons (Fsp3) is 0.0769. The molecule has 0 unspecified atom stereocenters. The number of benzene rings is 2. The maximum absolute atomic E-state index is 13.4. The average Bonchev–Trinajstić information content (AvgIpc) is 2.30. The summed E-state index contributed by atoms with van der Waals surface area (Å²) in [7, 11) is 0. The minimum atomic E-state index is -0.577. The molecule has 0 amide bonds. The van der Waals surface area contributed by atoms with Crippen molar-refractivity contribution in [1.29, 1.82) is 0 Å². The van der Waals surface area contributed by atoms with Crippen LogP contribution >= 0.6 is 23.4 Å². The summed E-state index contributed by atoms with van der Waals surface area (Å²) >= 11 is 7.39. The van der Waals surface area contributed by atoms with E-state index in [2.05, 4.69) is 0 Å². The molecule has 0 atom stereocenters. The summed E-state index contributed by atoms with van der Waals surface area (Å²) in [6, 6.07) is 8.71. The molecular formula is C13H10ClF2NS. The molecule has 0 aliphatic rings. The van der Waals surface area contributed by atoms with Crippen molar-refractivity contribution in [1.82, 2.24) is 0 Å². The van der Waals surface area contributed by atoms with E-state index >= 15 is 0 Å². The molecule has 0 aliphatic heterocycles. The van der Waals surface area contributed by atoms with Gasteiger partial charge in [-0.15, -0.1) is 11.8 Å². The second-order valence-corrected chi connectivity index (χ2v) is 5.14. The Morgan fingerprint density at radius 3 is 2.56 bits per heavy atom. The molecule has 2 rings (SSSR count). The number of hydrogen-bond donors (Lipinski definition) is 1. The van der Waals surface area contributed by atoms with Gasteiger partial charge in [-0.2, -0.15) is 0 Å². The van der Waals surface area contributed by atoms with Gasteiger partial charge in [-0.25, -0.2) is 8.78 Å². The SMILES string of the molecule is Nc1ccc(SCc2ccc(F)cc2F)c(Cl)c1. The van der Waals surface area contributed by atoms with Gasteiger partial charge in [0.1, 0.15) is 11.6 Å². The minimum absolute atomic E-state index is 0.385. The third-order valence-electron chi connectivity index (χ3n) is 2.35. The van der Waals surface area contributed by atoms with Gasteiger partial charge in [-0.05, 0) is 29.8 Å². The maximum atomic E-state index is 13.4. The van der Waals surface area contributed by atoms with Crippen molar-refractivity contribution in [3.63, 3.8) is 0 Å². The van der Waals surface area contributed by atoms with E-state index in [0.717, 1.165) is 11.0 Å². The highest BCUT2D eigenvalue weighted by Gasteiger charge is 2.06. The van der Waals surface area contributed by atoms with E-state index in [1.165, 1.54) is 23.9 Å². The summed E-state index contributed by atoms with van der Waals surface area (Å²) in [5.74, 6) is -0.740. The highest BCUT2D eigenvalue weighted by Crippen LogP contribution is 2.31. The van der Waals surface area contributed by atoms with Crippen molar-refractivity contribution in [2.75, 3.05) is 5.73 Å². The van der Waals surface area contributed by atoms with Crippen molar-refractivity contribution in [2.24, 2.45) is 0 Å². The first kappa shape index (κ1) is 13.2. The monoisotopic (exact) mass is 285 g/mol. The molecule has 0 spiro atoms. The van der Waals surface area contributed by atoms with Crippen LogP contribution in [0.3, 0.4) is 0 Å². The van der Waals surface area contributed by atoms with Crippen LogP contribution in [0, 0.1) is 11.6 Å². The average molecular weight is 286 g/mol. The number of nitrogens with two attached hydrogens (primary N) is 1. The first-order chi connectivity index (χ1) is 8.56. The fourth-order valence-corrected chi connectivity index (χ4v) is 2.69. The lowest BCUT2D eigenvalue weighted by molar-refractivity contribution is 0.576. The molecule has 2 aromatic rings. The van der Waals surface area contributed by atoms with Crippen molar-refractivity contribution in [3.05, 3.63) is 58.6 Å². The van der Waals surface area contributed by atoms with Crippen LogP contribution < -0.4 is 5.73 Å². The smallest absolute Gasteiger partial charge is 0.130 e. The summed E-state index contributed by atoms with van der Waals surface area (Å²) in [6.07, 6.45) is 0. The van der Waals surface area contributed by atoms with Crippen molar-refractivity contribution in [3.8, 4) is 0 Å². The second kappa shape index (κ2) is 5.59. The van der Waals surface area contributed by atoms with Crippen LogP contribution in [0.2, 0.25) is 5.02 Å². The van der Waals surface area contributed by atoms with Gasteiger partial charge in [-0.1, -0.05) is 17.7 Å². The predicted molar refractivity (Wildman–Crippen MR) is 71.8 cm³/mol. The van der Waals surface area contributed by atoms with Gasteiger partial charge in [0.15, 0.2) is 0 Å². The van der Waals surface area contributed by atoms with Gasteiger partial charge in [0.2, 0.25) is 0 Å². The number of halogens is 3. The third kappa shape index (κ3) is 3.15. The molecule has 0 aromatic heterocycles. The van der Waals surface area contributed by atoms with E-state index in [1.54, 1.807) is 18.2 Å². The van der Waals surface area contributed by atoms with E-state index in [9.17, 15) is 8.78 Å². The molecule has 18 heavy (non-hydrogen) atoms. The first-order valence-electron chi connectivity index (χ1n) is 5.18. The van der Waals surface area contributed by atoms with Crippen molar-refractivity contribution >= 4 is 29.1 Å². The lowest BCUT2D eigenvalue weighted by atomic mass is 10.2. The molecule has 0 radical (unpaired) electrons. The van der Waals surface area contributed by atoms with Crippen LogP contribution in [0.1, 0.15) is 5.56 Å². The van der Waals surface area contributed by atoms with Crippen molar-refractivity contribution < 1.29 is 8.78 Å². The maximum Gasteiger partial charge on any atom is 0.130 e. The van der Waals surface area contributed by atoms with E-state index in [1.807, 2.05) is 0 Å². The number of nitrogen functional groups attached to an aromatic ring is 1. The Morgan fingerprint density at radius 2 is 1.89 bits per heavy atom. The summed E-state index contributed by atoms with van der Waals surface area (Å²) in [5.41, 5.74) is 6.60. The molecule has 0 heterocycles. The molecule has 0 fully saturated rings. The Kier molecular flexibility index (Phi) is 4.09. The van der Waals surface area contributed by atoms with Crippen LogP contribution in [0.5, 0.6) is 0 Å².